The van der Waals surface area contributed by atoms with Gasteiger partial charge in [0.1, 0.15) is 0 Å². The Morgan fingerprint density at radius 2 is 1.71 bits per heavy atom. The molecule has 0 saturated heterocycles. The summed E-state index contributed by atoms with van der Waals surface area (Å²) in [6.45, 7) is 3.78. The van der Waals surface area contributed by atoms with Gasteiger partial charge in [0.2, 0.25) is 0 Å². The van der Waals surface area contributed by atoms with Crippen molar-refractivity contribution in [3.8, 4) is 0 Å². The number of hydrogen-bond donors (Lipinski definition) is 1. The fraction of sp³-hybridized carbons (Fsp3) is 1.00. The standard InChI is InChI=1S/C8H16F3NO.Ni/c1-6(2)12(3)5-7(13)4-8(9,10)11;/h6-7,13H,4-5H2,1-3H3;. The Morgan fingerprint density at radius 3 is 2.00 bits per heavy atom. The zero-order valence-corrected chi connectivity index (χ0v) is 9.40. The first-order valence-electron chi connectivity index (χ1n) is 4.17. The molecule has 0 spiro atoms. The van der Waals surface area contributed by atoms with Crippen LogP contribution >= 0.6 is 0 Å². The van der Waals surface area contributed by atoms with Gasteiger partial charge in [-0.3, -0.25) is 0 Å². The van der Waals surface area contributed by atoms with Crippen LogP contribution in [0.4, 0.5) is 13.2 Å². The van der Waals surface area contributed by atoms with Gasteiger partial charge in [0.15, 0.2) is 0 Å². The third-order valence-corrected chi connectivity index (χ3v) is 1.85. The Bertz CT molecular complexity index is 152. The molecule has 1 atom stereocenters. The van der Waals surface area contributed by atoms with Crippen molar-refractivity contribution in [3.05, 3.63) is 0 Å². The molecule has 6 heteroatoms. The summed E-state index contributed by atoms with van der Waals surface area (Å²) >= 11 is 0. The molecule has 0 aliphatic rings. The van der Waals surface area contributed by atoms with E-state index in [1.54, 1.807) is 11.9 Å². The van der Waals surface area contributed by atoms with Crippen molar-refractivity contribution in [1.82, 2.24) is 4.90 Å². The maximum Gasteiger partial charge on any atom is 0.391 e. The summed E-state index contributed by atoms with van der Waals surface area (Å²) in [6.07, 6.45) is -6.74. The first kappa shape index (κ1) is 16.6. The first-order valence-corrected chi connectivity index (χ1v) is 4.17. The number of alkyl halides is 3. The average molecular weight is 258 g/mol. The molecule has 0 rings (SSSR count). The molecule has 0 radical (unpaired) electrons. The van der Waals surface area contributed by atoms with Crippen molar-refractivity contribution in [2.45, 2.75) is 38.6 Å². The Hall–Kier alpha value is 0.204. The van der Waals surface area contributed by atoms with E-state index in [4.69, 9.17) is 5.11 Å². The second kappa shape index (κ2) is 6.64. The molecular weight excluding hydrogens is 242 g/mol. The summed E-state index contributed by atoms with van der Waals surface area (Å²) in [5.41, 5.74) is 0. The van der Waals surface area contributed by atoms with E-state index in [2.05, 4.69) is 0 Å². The van der Waals surface area contributed by atoms with E-state index in [0.29, 0.717) is 0 Å². The van der Waals surface area contributed by atoms with Crippen LogP contribution in [0.2, 0.25) is 0 Å². The molecule has 0 saturated carbocycles. The fourth-order valence-electron chi connectivity index (χ4n) is 0.875. The van der Waals surface area contributed by atoms with Gasteiger partial charge in [0, 0.05) is 29.1 Å². The molecule has 0 heterocycles. The summed E-state index contributed by atoms with van der Waals surface area (Å²) in [7, 11) is 1.68. The van der Waals surface area contributed by atoms with Crippen molar-refractivity contribution < 1.29 is 34.8 Å². The van der Waals surface area contributed by atoms with Gasteiger partial charge in [-0.25, -0.2) is 0 Å². The summed E-state index contributed by atoms with van der Waals surface area (Å²) < 4.78 is 35.3. The molecule has 14 heavy (non-hydrogen) atoms. The monoisotopic (exact) mass is 257 g/mol. The van der Waals surface area contributed by atoms with Crippen molar-refractivity contribution in [3.63, 3.8) is 0 Å². The molecule has 1 unspecified atom stereocenters. The molecule has 0 aromatic carbocycles. The van der Waals surface area contributed by atoms with Crippen molar-refractivity contribution in [2.24, 2.45) is 0 Å². The quantitative estimate of drug-likeness (QED) is 0.775. The summed E-state index contributed by atoms with van der Waals surface area (Å²) in [6, 6.07) is 0.142. The molecule has 0 aromatic rings. The second-order valence-corrected chi connectivity index (χ2v) is 3.51. The topological polar surface area (TPSA) is 23.5 Å². The zero-order valence-electron chi connectivity index (χ0n) is 8.41. The number of likely N-dealkylation sites (N-methyl/N-ethyl adjacent to an activating group) is 1. The van der Waals surface area contributed by atoms with Gasteiger partial charge in [-0.2, -0.15) is 13.2 Å². The van der Waals surface area contributed by atoms with Gasteiger partial charge < -0.3 is 10.0 Å². The minimum Gasteiger partial charge on any atom is -0.391 e. The minimum atomic E-state index is -4.28. The van der Waals surface area contributed by atoms with Crippen molar-refractivity contribution in [2.75, 3.05) is 13.6 Å². The maximum absolute atomic E-state index is 11.8. The Kier molecular flexibility index (Phi) is 7.89. The number of hydrogen-bond acceptors (Lipinski definition) is 2. The molecule has 90 valence electrons. The SMILES string of the molecule is CC(C)N(C)CC(O)CC(F)(F)F.[Ni]. The van der Waals surface area contributed by atoms with Gasteiger partial charge >= 0.3 is 6.18 Å². The third kappa shape index (κ3) is 8.79. The Morgan fingerprint density at radius 1 is 1.29 bits per heavy atom. The van der Waals surface area contributed by atoms with Gasteiger partial charge in [0.25, 0.3) is 0 Å². The van der Waals surface area contributed by atoms with E-state index in [9.17, 15) is 13.2 Å². The Labute approximate surface area is 92.4 Å². The maximum atomic E-state index is 11.8. The van der Waals surface area contributed by atoms with Crippen LogP contribution in [0.1, 0.15) is 20.3 Å². The van der Waals surface area contributed by atoms with E-state index in [1.165, 1.54) is 0 Å². The van der Waals surface area contributed by atoms with Gasteiger partial charge in [-0.05, 0) is 20.9 Å². The van der Waals surface area contributed by atoms with Crippen LogP contribution in [-0.4, -0.2) is 41.9 Å². The third-order valence-electron chi connectivity index (χ3n) is 1.85. The van der Waals surface area contributed by atoms with Crippen molar-refractivity contribution >= 4 is 0 Å². The zero-order chi connectivity index (χ0) is 10.6. The van der Waals surface area contributed by atoms with Crippen LogP contribution in [0, 0.1) is 0 Å². The molecule has 0 fully saturated rings. The Balaban J connectivity index is 0. The number of aliphatic hydroxyl groups excluding tert-OH is 1. The van der Waals surface area contributed by atoms with E-state index in [-0.39, 0.29) is 29.1 Å². The summed E-state index contributed by atoms with van der Waals surface area (Å²) in [5, 5.41) is 9.04. The summed E-state index contributed by atoms with van der Waals surface area (Å²) in [5.74, 6) is 0. The molecule has 2 nitrogen and oxygen atoms in total. The number of rotatable bonds is 4. The first-order chi connectivity index (χ1) is 5.72. The largest absolute Gasteiger partial charge is 0.391 e. The summed E-state index contributed by atoms with van der Waals surface area (Å²) in [4.78, 5) is 1.68. The smallest absolute Gasteiger partial charge is 0.391 e. The molecule has 0 bridgehead atoms. The van der Waals surface area contributed by atoms with Crippen LogP contribution in [0.25, 0.3) is 0 Å². The molecule has 0 aliphatic carbocycles. The van der Waals surface area contributed by atoms with Gasteiger partial charge in [-0.1, -0.05) is 0 Å². The van der Waals surface area contributed by atoms with Crippen LogP contribution < -0.4 is 0 Å². The number of halogens is 3. The normalized spacial score (nSPS) is 14.4. The molecule has 0 aliphatic heterocycles. The number of aliphatic hydroxyl groups is 1. The minimum absolute atomic E-state index is 0. The van der Waals surface area contributed by atoms with E-state index in [0.717, 1.165) is 0 Å². The van der Waals surface area contributed by atoms with Gasteiger partial charge in [-0.15, -0.1) is 0 Å². The molecule has 0 amide bonds. The fourth-order valence-corrected chi connectivity index (χ4v) is 0.875. The predicted octanol–water partition coefficient (Wildman–Crippen LogP) is 1.64. The van der Waals surface area contributed by atoms with E-state index < -0.39 is 18.7 Å². The van der Waals surface area contributed by atoms with Crippen LogP contribution in [-0.2, 0) is 16.5 Å². The molecule has 1 N–H and O–H groups in total. The predicted molar refractivity (Wildman–Crippen MR) is 44.4 cm³/mol. The van der Waals surface area contributed by atoms with E-state index >= 15 is 0 Å². The molecule has 0 aromatic heterocycles. The van der Waals surface area contributed by atoms with Crippen LogP contribution in [0.5, 0.6) is 0 Å². The van der Waals surface area contributed by atoms with Crippen LogP contribution in [0.15, 0.2) is 0 Å². The second-order valence-electron chi connectivity index (χ2n) is 3.51. The van der Waals surface area contributed by atoms with Crippen LogP contribution in [0.3, 0.4) is 0 Å². The van der Waals surface area contributed by atoms with Crippen molar-refractivity contribution in [1.29, 1.82) is 0 Å². The number of nitrogens with zero attached hydrogens (tertiary/aromatic N) is 1. The van der Waals surface area contributed by atoms with Gasteiger partial charge in [0.05, 0.1) is 12.5 Å². The molecular formula is C8H16F3NNiO. The average Bonchev–Trinajstić information content (AvgIpc) is 1.81. The van der Waals surface area contributed by atoms with E-state index in [1.807, 2.05) is 13.8 Å².